The highest BCUT2D eigenvalue weighted by molar-refractivity contribution is 7.08. The lowest BCUT2D eigenvalue weighted by atomic mass is 10.4. The number of carbonyl (C=O) groups excluding carboxylic acids is 1. The summed E-state index contributed by atoms with van der Waals surface area (Å²) in [6.45, 7) is 1.82. The van der Waals surface area contributed by atoms with Crippen LogP contribution in [0.4, 0.5) is 0 Å². The highest BCUT2D eigenvalue weighted by Crippen LogP contribution is 2.07. The minimum Gasteiger partial charge on any atom is -0.289 e. The van der Waals surface area contributed by atoms with E-state index >= 15 is 0 Å². The van der Waals surface area contributed by atoms with E-state index in [1.807, 2.05) is 12.3 Å². The molecule has 0 saturated carbocycles. The summed E-state index contributed by atoms with van der Waals surface area (Å²) in [7, 11) is 0. The molecule has 0 fully saturated rings. The van der Waals surface area contributed by atoms with E-state index in [0.29, 0.717) is 4.88 Å². The van der Waals surface area contributed by atoms with Gasteiger partial charge in [0.05, 0.1) is 5.69 Å². The molecule has 5 heteroatoms. The quantitative estimate of drug-likeness (QED) is 0.344. The predicted molar refractivity (Wildman–Crippen MR) is 38.5 cm³/mol. The summed E-state index contributed by atoms with van der Waals surface area (Å²) in [5.74, 6) is 4.61. The maximum Gasteiger partial charge on any atom is 0.276 e. The van der Waals surface area contributed by atoms with E-state index in [1.165, 1.54) is 0 Å². The highest BCUT2D eigenvalue weighted by Gasteiger charge is 2.05. The molecule has 0 aliphatic heterocycles. The fraction of sp³-hybridized carbons (Fsp3) is 0.200. The Bertz CT molecular complexity index is 245. The average Bonchev–Trinajstić information content (AvgIpc) is 2.34. The Hall–Kier alpha value is -0.940. The molecule has 0 aliphatic rings. The van der Waals surface area contributed by atoms with Gasteiger partial charge in [0.25, 0.3) is 5.91 Å². The van der Waals surface area contributed by atoms with Crippen LogP contribution in [0.2, 0.25) is 0 Å². The van der Waals surface area contributed by atoms with E-state index in [1.54, 1.807) is 6.07 Å². The number of hydrogen-bond acceptors (Lipinski definition) is 4. The predicted octanol–water partition coefficient (Wildman–Crippen LogP) is 0.0550. The van der Waals surface area contributed by atoms with E-state index < -0.39 is 0 Å². The number of hydrogen-bond donors (Lipinski definition) is 2. The average molecular weight is 157 g/mol. The van der Waals surface area contributed by atoms with E-state index in [-0.39, 0.29) is 5.91 Å². The molecule has 10 heavy (non-hydrogen) atoms. The van der Waals surface area contributed by atoms with Crippen LogP contribution in [0.5, 0.6) is 0 Å². The minimum absolute atomic E-state index is 0.286. The maximum atomic E-state index is 10.8. The lowest BCUT2D eigenvalue weighted by Crippen LogP contribution is -2.29. The van der Waals surface area contributed by atoms with Crippen LogP contribution in [0.1, 0.15) is 15.4 Å². The molecular weight excluding hydrogens is 150 g/mol. The number of nitrogen functional groups attached to an aromatic ring is 1. The van der Waals surface area contributed by atoms with Crippen LogP contribution in [-0.2, 0) is 0 Å². The van der Waals surface area contributed by atoms with Gasteiger partial charge in [-0.1, -0.05) is 0 Å². The summed E-state index contributed by atoms with van der Waals surface area (Å²) in [5, 5.41) is 0. The highest BCUT2D eigenvalue weighted by atomic mass is 32.1. The SMILES string of the molecule is Cc1cc(C(=O)NN)sn1. The van der Waals surface area contributed by atoms with Crippen LogP contribution >= 0.6 is 11.5 Å². The summed E-state index contributed by atoms with van der Waals surface area (Å²) in [5.41, 5.74) is 2.86. The van der Waals surface area contributed by atoms with Gasteiger partial charge in [-0.25, -0.2) is 5.84 Å². The Morgan fingerprint density at radius 3 is 3.00 bits per heavy atom. The zero-order chi connectivity index (χ0) is 7.56. The molecule has 0 bridgehead atoms. The van der Waals surface area contributed by atoms with Crippen molar-refractivity contribution in [2.75, 3.05) is 0 Å². The van der Waals surface area contributed by atoms with E-state index in [2.05, 4.69) is 4.37 Å². The number of amides is 1. The van der Waals surface area contributed by atoms with Crippen molar-refractivity contribution in [3.05, 3.63) is 16.6 Å². The summed E-state index contributed by atoms with van der Waals surface area (Å²) >= 11 is 1.14. The fourth-order valence-corrected chi connectivity index (χ4v) is 1.20. The van der Waals surface area contributed by atoms with Crippen molar-refractivity contribution in [3.63, 3.8) is 0 Å². The van der Waals surface area contributed by atoms with Gasteiger partial charge in [-0.2, -0.15) is 4.37 Å². The molecule has 0 unspecified atom stereocenters. The van der Waals surface area contributed by atoms with Gasteiger partial charge in [0.2, 0.25) is 0 Å². The van der Waals surface area contributed by atoms with Gasteiger partial charge in [0, 0.05) is 0 Å². The summed E-state index contributed by atoms with van der Waals surface area (Å²) in [4.78, 5) is 11.3. The van der Waals surface area contributed by atoms with Gasteiger partial charge in [0.1, 0.15) is 4.88 Å². The molecule has 0 saturated heterocycles. The second kappa shape index (κ2) is 2.76. The first-order valence-corrected chi connectivity index (χ1v) is 3.45. The molecule has 0 aromatic carbocycles. The Kier molecular flexibility index (Phi) is 1.98. The van der Waals surface area contributed by atoms with Crippen LogP contribution in [0, 0.1) is 6.92 Å². The lowest BCUT2D eigenvalue weighted by molar-refractivity contribution is 0.0957. The van der Waals surface area contributed by atoms with Crippen molar-refractivity contribution < 1.29 is 4.79 Å². The first-order chi connectivity index (χ1) is 4.74. The second-order valence-corrected chi connectivity index (χ2v) is 2.61. The minimum atomic E-state index is -0.286. The number of nitrogens with zero attached hydrogens (tertiary/aromatic N) is 1. The van der Waals surface area contributed by atoms with Crippen molar-refractivity contribution >= 4 is 17.4 Å². The van der Waals surface area contributed by atoms with Crippen LogP contribution in [0.25, 0.3) is 0 Å². The number of nitrogens with two attached hydrogens (primary N) is 1. The van der Waals surface area contributed by atoms with Gasteiger partial charge in [-0.15, -0.1) is 0 Å². The molecular formula is C5H7N3OS. The molecule has 1 aromatic heterocycles. The monoisotopic (exact) mass is 157 g/mol. The first kappa shape index (κ1) is 7.17. The van der Waals surface area contributed by atoms with Crippen LogP contribution < -0.4 is 11.3 Å². The largest absolute Gasteiger partial charge is 0.289 e. The van der Waals surface area contributed by atoms with Gasteiger partial charge in [-0.3, -0.25) is 10.2 Å². The number of carbonyl (C=O) groups is 1. The molecule has 0 atom stereocenters. The molecule has 1 heterocycles. The molecule has 0 aliphatic carbocycles. The van der Waals surface area contributed by atoms with Gasteiger partial charge >= 0.3 is 0 Å². The first-order valence-electron chi connectivity index (χ1n) is 2.68. The third kappa shape index (κ3) is 1.31. The molecule has 4 nitrogen and oxygen atoms in total. The van der Waals surface area contributed by atoms with Gasteiger partial charge in [-0.05, 0) is 24.5 Å². The zero-order valence-corrected chi connectivity index (χ0v) is 6.23. The Morgan fingerprint density at radius 1 is 1.90 bits per heavy atom. The van der Waals surface area contributed by atoms with E-state index in [9.17, 15) is 4.79 Å². The molecule has 1 aromatic rings. The van der Waals surface area contributed by atoms with Gasteiger partial charge < -0.3 is 0 Å². The van der Waals surface area contributed by atoms with E-state index in [0.717, 1.165) is 17.2 Å². The van der Waals surface area contributed by atoms with Crippen molar-refractivity contribution in [1.29, 1.82) is 0 Å². The molecule has 0 spiro atoms. The Morgan fingerprint density at radius 2 is 2.60 bits per heavy atom. The van der Waals surface area contributed by atoms with Crippen LogP contribution in [0.3, 0.4) is 0 Å². The number of rotatable bonds is 1. The van der Waals surface area contributed by atoms with E-state index in [4.69, 9.17) is 5.84 Å². The van der Waals surface area contributed by atoms with Crippen LogP contribution in [0.15, 0.2) is 6.07 Å². The third-order valence-corrected chi connectivity index (χ3v) is 1.86. The number of hydrazine groups is 1. The standard InChI is InChI=1S/C5H7N3OS/c1-3-2-4(10-8-3)5(9)7-6/h2H,6H2,1H3,(H,7,9). The lowest BCUT2D eigenvalue weighted by Gasteiger charge is -1.89. The molecule has 3 N–H and O–H groups in total. The molecule has 54 valence electrons. The Labute approximate surface area is 62.2 Å². The topological polar surface area (TPSA) is 68.0 Å². The van der Waals surface area contributed by atoms with Crippen molar-refractivity contribution in [2.24, 2.45) is 5.84 Å². The summed E-state index contributed by atoms with van der Waals surface area (Å²) in [6.07, 6.45) is 0. The van der Waals surface area contributed by atoms with Crippen molar-refractivity contribution in [2.45, 2.75) is 6.92 Å². The normalized spacial score (nSPS) is 9.40. The number of aromatic nitrogens is 1. The molecule has 1 amide bonds. The Balaban J connectivity index is 2.85. The number of nitrogens with one attached hydrogen (secondary N) is 1. The fourth-order valence-electron chi connectivity index (χ4n) is 0.542. The van der Waals surface area contributed by atoms with Gasteiger partial charge in [0.15, 0.2) is 0 Å². The zero-order valence-electron chi connectivity index (χ0n) is 5.42. The smallest absolute Gasteiger partial charge is 0.276 e. The maximum absolute atomic E-state index is 10.8. The van der Waals surface area contributed by atoms with Crippen LogP contribution in [-0.4, -0.2) is 10.3 Å². The van der Waals surface area contributed by atoms with Crippen molar-refractivity contribution in [3.8, 4) is 0 Å². The number of aryl methyl sites for hydroxylation is 1. The summed E-state index contributed by atoms with van der Waals surface area (Å²) in [6, 6.07) is 1.69. The second-order valence-electron chi connectivity index (χ2n) is 1.81. The summed E-state index contributed by atoms with van der Waals surface area (Å²) < 4.78 is 3.91. The van der Waals surface area contributed by atoms with Crippen molar-refractivity contribution in [1.82, 2.24) is 9.80 Å². The third-order valence-electron chi connectivity index (χ3n) is 0.983. The molecule has 1 rings (SSSR count). The molecule has 0 radical (unpaired) electrons.